The van der Waals surface area contributed by atoms with Crippen LogP contribution in [-0.4, -0.2) is 191 Å². The van der Waals surface area contributed by atoms with Crippen LogP contribution in [0.4, 0.5) is 0 Å². The number of fused-ring (bicyclic) bond motifs is 2. The molecule has 3 radical (unpaired) electrons. The van der Waals surface area contributed by atoms with Gasteiger partial charge in [0.15, 0.2) is 45.1 Å². The van der Waals surface area contributed by atoms with Crippen LogP contribution in [0.15, 0.2) is 134 Å². The van der Waals surface area contributed by atoms with E-state index in [-0.39, 0.29) is 257 Å². The molecule has 19 rings (SSSR count). The molecule has 4 spiro atoms. The van der Waals surface area contributed by atoms with E-state index in [1.54, 1.807) is 73.6 Å². The van der Waals surface area contributed by atoms with Crippen molar-refractivity contribution in [2.75, 3.05) is 52.9 Å². The summed E-state index contributed by atoms with van der Waals surface area (Å²) in [7, 11) is 0. The molecule has 6 saturated carbocycles. The predicted molar refractivity (Wildman–Crippen MR) is 450 cm³/mol. The summed E-state index contributed by atoms with van der Waals surface area (Å²) in [5.41, 5.74) is 6.72. The third-order valence-corrected chi connectivity index (χ3v) is 23.5. The molecule has 6 aliphatic carbocycles. The Kier molecular flexibility index (Phi) is 47.9. The number of H-pyrrole nitrogens is 2. The zero-order valence-electron chi connectivity index (χ0n) is 70.8. The molecule has 37 heteroatoms. The predicted octanol–water partition coefficient (Wildman–Crippen LogP) is 5.94. The number of phenolic OH excluding ortho intramolecular Hbond substituents is 1. The minimum absolute atomic E-state index is 0. The number of aromatic nitrogens is 10. The van der Waals surface area contributed by atoms with Gasteiger partial charge in [-0.2, -0.15) is 0 Å². The van der Waals surface area contributed by atoms with Crippen LogP contribution in [-0.2, 0) is 62.0 Å². The maximum atomic E-state index is 12.8. The standard InChI is InChI=1S/C24H20N4O3.C14H10N2O2.C12H15ClN2O2.C10H11ClN2O.C8H13BrO2.C8H14O3.C8H12O3.CH2O3.CH4.B.ClH.2Cs.Na.2H/c29-17-9-5-15(6-10-17)21-24(26-14-13-25-21)31-18-11-7-16(8-12-18)22(30)23-27-19-3-1-2-4-20(19)28-23;17-10-7-5-9(6-8-10)13(18)14-15-11-3-1-2-4-12(11)16-14;13-11-10(14-5-6-15-11)9-1-3-12(4-2-9)16-7-8-17-12;11-10-9(12-5-6-13-10)7-1-3-8(14)4-2-7;3*9-7-1-3-8(4-2-7)10-5-6-11-8;2-1-4-3;;;;;;;;/h1-4,7-8,11-15H,5-6,9-10H2,(H,27,28);1-8,17H,(H,15,16);5-6,9H,1-4,7-8H2;5-7H,1-4H2;7H,1-6H2;7,9H,1-6H2;1-6H2;1,3H;1H4;;1H;;;;;/q;;;;;;;;;;;3*+1;2*-1/p-1. The first-order valence-corrected chi connectivity index (χ1v) is 41.5. The molecule has 29 nitrogen and oxygen atoms in total. The van der Waals surface area contributed by atoms with Crippen molar-refractivity contribution in [3.05, 3.63) is 184 Å². The normalized spacial score (nSPS) is 20.0. The van der Waals surface area contributed by atoms with E-state index in [1.807, 2.05) is 48.5 Å². The van der Waals surface area contributed by atoms with Gasteiger partial charge >= 0.3 is 167 Å². The summed E-state index contributed by atoms with van der Waals surface area (Å²) in [6.45, 7) is 5.64. The van der Waals surface area contributed by atoms with Crippen molar-refractivity contribution in [3.63, 3.8) is 0 Å². The van der Waals surface area contributed by atoms with Crippen LogP contribution >= 0.6 is 51.5 Å². The number of ketones is 5. The van der Waals surface area contributed by atoms with Crippen LogP contribution in [0.2, 0.25) is 10.3 Å². The molecule has 4 aliphatic heterocycles. The van der Waals surface area contributed by atoms with Crippen molar-refractivity contribution >= 4 is 117 Å². The maximum absolute atomic E-state index is 12.8. The number of nitrogens with one attached hydrogen (secondary N) is 2. The van der Waals surface area contributed by atoms with Gasteiger partial charge in [-0.3, -0.25) is 43.7 Å². The summed E-state index contributed by atoms with van der Waals surface area (Å²) in [6, 6.07) is 28.0. The number of Topliss-reactive ketones (excluding diaryl/α,β-unsaturated/α-hetero) is 3. The van der Waals surface area contributed by atoms with Gasteiger partial charge in [-0.1, -0.05) is 70.8 Å². The topological polar surface area (TPSA) is 393 Å². The molecular formula is C86H103BBrCl3Cs2N10NaO19. The second-order valence-corrected chi connectivity index (χ2v) is 31.7. The number of carbonyl (C=O) groups excluding carboxylic acids is 6. The van der Waals surface area contributed by atoms with E-state index in [1.165, 1.54) is 25.0 Å². The molecule has 4 saturated heterocycles. The van der Waals surface area contributed by atoms with Crippen LogP contribution in [0, 0.1) is 0 Å². The number of carbonyl (C=O) groups is 6. The molecule has 9 heterocycles. The Morgan fingerprint density at radius 3 is 1.20 bits per heavy atom. The monoisotopic (exact) mass is 2060 g/mol. The molecule has 0 bridgehead atoms. The second kappa shape index (κ2) is 54.4. The van der Waals surface area contributed by atoms with Crippen molar-refractivity contribution in [2.24, 2.45) is 0 Å². The third kappa shape index (κ3) is 32.0. The molecule has 10 fully saturated rings. The van der Waals surface area contributed by atoms with E-state index in [4.69, 9.17) is 75.9 Å². The molecule has 10 aliphatic rings. The van der Waals surface area contributed by atoms with Gasteiger partial charge < -0.3 is 75.8 Å². The van der Waals surface area contributed by atoms with E-state index < -0.39 is 0 Å². The number of aromatic amines is 2. The minimum atomic E-state index is -0.367. The zero-order valence-corrected chi connectivity index (χ0v) is 87.3. The molecule has 0 atom stereocenters. The van der Waals surface area contributed by atoms with Crippen LogP contribution in [0.3, 0.4) is 0 Å². The van der Waals surface area contributed by atoms with E-state index in [0.29, 0.717) is 130 Å². The summed E-state index contributed by atoms with van der Waals surface area (Å²) >= 11 is 15.6. The van der Waals surface area contributed by atoms with Crippen molar-refractivity contribution in [1.29, 1.82) is 0 Å². The molecule has 4 N–H and O–H groups in total. The number of imidazole rings is 2. The fourth-order valence-corrected chi connectivity index (χ4v) is 16.6. The molecular weight excluding hydrogens is 1960 g/mol. The molecule has 0 amide bonds. The van der Waals surface area contributed by atoms with Crippen molar-refractivity contribution in [2.45, 2.75) is 213 Å². The number of para-hydroxylation sites is 4. The summed E-state index contributed by atoms with van der Waals surface area (Å²) in [6.07, 6.45) is 29.8. The van der Waals surface area contributed by atoms with E-state index in [9.17, 15) is 34.2 Å². The van der Waals surface area contributed by atoms with Crippen LogP contribution in [0.25, 0.3) is 22.1 Å². The van der Waals surface area contributed by atoms with Crippen LogP contribution < -0.4 is 177 Å². The van der Waals surface area contributed by atoms with Gasteiger partial charge in [-0.25, -0.2) is 24.9 Å². The Hall–Kier alpha value is -3.40. The average molecular weight is 2070 g/mol. The summed E-state index contributed by atoms with van der Waals surface area (Å²) < 4.78 is 50.5. The van der Waals surface area contributed by atoms with Gasteiger partial charge in [0.1, 0.15) is 34.5 Å². The zero-order chi connectivity index (χ0) is 82.0. The van der Waals surface area contributed by atoms with Gasteiger partial charge in [0, 0.05) is 169 Å². The summed E-state index contributed by atoms with van der Waals surface area (Å²) in [5.74, 6) is 2.06. The van der Waals surface area contributed by atoms with Gasteiger partial charge in [0.2, 0.25) is 17.4 Å². The number of aromatic hydroxyl groups is 1. The Morgan fingerprint density at radius 2 is 0.805 bits per heavy atom. The molecule has 5 aromatic heterocycles. The molecule has 9 aromatic rings. The Balaban J connectivity index is 0.000000310. The van der Waals surface area contributed by atoms with E-state index >= 15 is 0 Å². The van der Waals surface area contributed by atoms with Crippen molar-refractivity contribution in [1.82, 2.24) is 49.8 Å². The van der Waals surface area contributed by atoms with Gasteiger partial charge in [0.25, 0.3) is 6.47 Å². The SMILES string of the molecule is BrC1CCC2(CC1)OCCO2.C.Cl.Clc1nccnc1C1CCC2(CC1)OCCO2.O=C(c1ccc(O)cc1)c1nc2ccccc2[nH]1.O=C1CCC(c2nccnc2Cl)CC1.O=C1CCC(c2nccnc2Oc2ccc(C(=O)c3nc4ccccc4[nH]3)cc2)CC1.O=C1CCC2(CC1)OCCO2.O=CO[O-].OC1CCC2(CC1)OCCO2.[B].[Cs+].[Cs+].[H-].[H-].[Na+]. The fraction of sp³-hybridized carbons (Fsp3) is 0.488. The number of aliphatic hydroxyl groups excluding tert-OH is 1. The van der Waals surface area contributed by atoms with E-state index in [2.05, 4.69) is 70.7 Å². The number of halogens is 4. The number of benzene rings is 4. The van der Waals surface area contributed by atoms with Gasteiger partial charge in [0.05, 0.1) is 92.4 Å². The van der Waals surface area contributed by atoms with Crippen molar-refractivity contribution in [3.8, 4) is 17.4 Å². The first kappa shape index (κ1) is 108. The molecule has 0 unspecified atom stereocenters. The first-order chi connectivity index (χ1) is 56.8. The quantitative estimate of drug-likeness (QED) is 0.0307. The number of hydrogen-bond donors (Lipinski definition) is 4. The van der Waals surface area contributed by atoms with Gasteiger partial charge in [-0.05, 0) is 137 Å². The molecule has 123 heavy (non-hydrogen) atoms. The number of ether oxygens (including phenoxy) is 9. The minimum Gasteiger partial charge on any atom is -1.00 e. The number of phenols is 1. The number of alkyl halides is 1. The molecule has 4 aromatic carbocycles. The van der Waals surface area contributed by atoms with Crippen LogP contribution in [0.5, 0.6) is 17.4 Å². The Morgan fingerprint density at radius 1 is 0.480 bits per heavy atom. The van der Waals surface area contributed by atoms with E-state index in [0.717, 1.165) is 182 Å². The summed E-state index contributed by atoms with van der Waals surface area (Å²) in [4.78, 5) is 110. The largest absolute Gasteiger partial charge is 1.00 e. The second-order valence-electron chi connectivity index (χ2n) is 29.7. The number of aliphatic hydroxyl groups is 1. The Labute approximate surface area is 884 Å². The average Bonchev–Trinajstić information content (AvgIpc) is 1.77. The van der Waals surface area contributed by atoms with Gasteiger partial charge in [-0.15, -0.1) is 12.4 Å². The van der Waals surface area contributed by atoms with Crippen LogP contribution in [0.1, 0.15) is 232 Å². The number of nitrogens with zero attached hydrogens (tertiary/aromatic N) is 8. The number of rotatable bonds is 10. The summed E-state index contributed by atoms with van der Waals surface area (Å²) in [5, 5.41) is 27.9. The van der Waals surface area contributed by atoms with Crippen molar-refractivity contribution < 1.29 is 262 Å². The smallest absolute Gasteiger partial charge is 1.00 e. The Bertz CT molecular complexity index is 4640. The number of hydrogen-bond acceptors (Lipinski definition) is 27. The maximum Gasteiger partial charge on any atom is 1.00 e. The molecule has 645 valence electrons. The third-order valence-electron chi connectivity index (χ3n) is 22.0. The first-order valence-electron chi connectivity index (χ1n) is 39.8. The fourth-order valence-electron chi connectivity index (χ4n) is 15.6.